The van der Waals surface area contributed by atoms with Gasteiger partial charge >= 0.3 is 0 Å². The maximum Gasteiger partial charge on any atom is 0.168 e. The number of hydrogen-bond donors (Lipinski definition) is 0. The molecule has 0 atom stereocenters. The Balaban J connectivity index is 2.28. The van der Waals surface area contributed by atoms with Crippen molar-refractivity contribution in [1.82, 2.24) is 4.98 Å². The van der Waals surface area contributed by atoms with Crippen LogP contribution in [0.5, 0.6) is 0 Å². The Hall–Kier alpha value is -1.92. The third-order valence-corrected chi connectivity index (χ3v) is 3.03. The molecule has 3 heteroatoms. The van der Waals surface area contributed by atoms with Crippen LogP contribution >= 0.6 is 11.3 Å². The summed E-state index contributed by atoms with van der Waals surface area (Å²) in [7, 11) is 0. The van der Waals surface area contributed by atoms with E-state index in [9.17, 15) is 4.79 Å². The number of carbonyl (C=O) groups excluding carboxylic acids is 1. The zero-order valence-electron chi connectivity index (χ0n) is 8.73. The Bertz CT molecular complexity index is 561. The molecule has 1 aromatic carbocycles. The molecule has 1 aromatic heterocycles. The summed E-state index contributed by atoms with van der Waals surface area (Å²) in [4.78, 5) is 15.5. The van der Waals surface area contributed by atoms with Gasteiger partial charge < -0.3 is 0 Å². The summed E-state index contributed by atoms with van der Waals surface area (Å²) in [5.74, 6) is 5.96. The smallest absolute Gasteiger partial charge is 0.168 e. The number of aldehydes is 1. The van der Waals surface area contributed by atoms with Crippen molar-refractivity contribution in [1.29, 1.82) is 0 Å². The van der Waals surface area contributed by atoms with E-state index in [0.717, 1.165) is 17.5 Å². The van der Waals surface area contributed by atoms with Gasteiger partial charge in [-0.25, -0.2) is 4.98 Å². The zero-order chi connectivity index (χ0) is 11.4. The Labute approximate surface area is 98.0 Å². The van der Waals surface area contributed by atoms with E-state index in [1.807, 2.05) is 37.3 Å². The van der Waals surface area contributed by atoms with E-state index in [4.69, 9.17) is 0 Å². The molecule has 0 aliphatic heterocycles. The minimum Gasteiger partial charge on any atom is -0.297 e. The summed E-state index contributed by atoms with van der Waals surface area (Å²) in [5, 5.41) is 0.684. The molecular formula is C13H9NOS. The molecule has 0 saturated carbocycles. The number of thiazole rings is 1. The fourth-order valence-corrected chi connectivity index (χ4v) is 1.95. The Morgan fingerprint density at radius 2 is 2.00 bits per heavy atom. The van der Waals surface area contributed by atoms with Crippen molar-refractivity contribution in [3.05, 3.63) is 51.5 Å². The highest BCUT2D eigenvalue weighted by Gasteiger charge is 2.03. The van der Waals surface area contributed by atoms with Crippen molar-refractivity contribution in [2.45, 2.75) is 6.92 Å². The molecule has 0 aliphatic rings. The highest BCUT2D eigenvalue weighted by molar-refractivity contribution is 7.13. The molecule has 0 unspecified atom stereocenters. The van der Waals surface area contributed by atoms with Crippen molar-refractivity contribution in [2.24, 2.45) is 0 Å². The van der Waals surface area contributed by atoms with Gasteiger partial charge in [0.2, 0.25) is 0 Å². The molecule has 1 heterocycles. The number of aromatic nitrogens is 1. The summed E-state index contributed by atoms with van der Waals surface area (Å²) in [6, 6.07) is 9.70. The van der Waals surface area contributed by atoms with E-state index >= 15 is 0 Å². The van der Waals surface area contributed by atoms with Crippen LogP contribution in [0.2, 0.25) is 0 Å². The minimum absolute atomic E-state index is 0.650. The second-order valence-electron chi connectivity index (χ2n) is 3.20. The molecule has 16 heavy (non-hydrogen) atoms. The van der Waals surface area contributed by atoms with Gasteiger partial charge in [0, 0.05) is 5.56 Å². The SMILES string of the molecule is Cc1nc(C#Cc2ccccc2)sc1C=O. The predicted octanol–water partition coefficient (Wildman–Crippen LogP) is 2.66. The summed E-state index contributed by atoms with van der Waals surface area (Å²) >= 11 is 1.33. The third-order valence-electron chi connectivity index (χ3n) is 2.03. The molecule has 2 rings (SSSR count). The monoisotopic (exact) mass is 227 g/mol. The Morgan fingerprint density at radius 1 is 1.25 bits per heavy atom. The second-order valence-corrected chi connectivity index (χ2v) is 4.23. The second kappa shape index (κ2) is 4.73. The fraction of sp³-hybridized carbons (Fsp3) is 0.0769. The van der Waals surface area contributed by atoms with Crippen LogP contribution in [0.4, 0.5) is 0 Å². The molecule has 0 amide bonds. The molecule has 0 fully saturated rings. The van der Waals surface area contributed by atoms with Gasteiger partial charge in [0.15, 0.2) is 11.3 Å². The number of nitrogens with zero attached hydrogens (tertiary/aromatic N) is 1. The van der Waals surface area contributed by atoms with Gasteiger partial charge in [-0.05, 0) is 25.0 Å². The van der Waals surface area contributed by atoms with Crippen LogP contribution in [0.25, 0.3) is 0 Å². The quantitative estimate of drug-likeness (QED) is 0.554. The van der Waals surface area contributed by atoms with E-state index in [2.05, 4.69) is 16.8 Å². The van der Waals surface area contributed by atoms with Gasteiger partial charge in [0.25, 0.3) is 0 Å². The first kappa shape index (κ1) is 10.6. The summed E-state index contributed by atoms with van der Waals surface area (Å²) in [6.07, 6.45) is 0.820. The lowest BCUT2D eigenvalue weighted by Gasteiger charge is -1.84. The lowest BCUT2D eigenvalue weighted by atomic mass is 10.2. The molecule has 2 aromatic rings. The number of aryl methyl sites for hydroxylation is 1. The first-order chi connectivity index (χ1) is 7.79. The maximum absolute atomic E-state index is 10.6. The van der Waals surface area contributed by atoms with E-state index in [0.29, 0.717) is 9.88 Å². The van der Waals surface area contributed by atoms with Crippen molar-refractivity contribution in [3.63, 3.8) is 0 Å². The maximum atomic E-state index is 10.6. The van der Waals surface area contributed by atoms with Gasteiger partial charge in [-0.3, -0.25) is 4.79 Å². The van der Waals surface area contributed by atoms with Gasteiger partial charge in [0.1, 0.15) is 0 Å². The fourth-order valence-electron chi connectivity index (χ4n) is 1.22. The number of benzene rings is 1. The van der Waals surface area contributed by atoms with Crippen LogP contribution in [0, 0.1) is 18.8 Å². The number of hydrogen-bond acceptors (Lipinski definition) is 3. The highest BCUT2D eigenvalue weighted by atomic mass is 32.1. The number of rotatable bonds is 1. The van der Waals surface area contributed by atoms with E-state index in [1.165, 1.54) is 11.3 Å². The van der Waals surface area contributed by atoms with Crippen LogP contribution in [0.15, 0.2) is 30.3 Å². The van der Waals surface area contributed by atoms with Crippen LogP contribution in [0.1, 0.15) is 25.9 Å². The molecule has 78 valence electrons. The van der Waals surface area contributed by atoms with E-state index < -0.39 is 0 Å². The summed E-state index contributed by atoms with van der Waals surface area (Å²) < 4.78 is 0. The lowest BCUT2D eigenvalue weighted by Crippen LogP contribution is -1.77. The van der Waals surface area contributed by atoms with Crippen molar-refractivity contribution in [2.75, 3.05) is 0 Å². The molecule has 2 nitrogen and oxygen atoms in total. The highest BCUT2D eigenvalue weighted by Crippen LogP contribution is 2.14. The zero-order valence-corrected chi connectivity index (χ0v) is 9.54. The standard InChI is InChI=1S/C13H9NOS/c1-10-12(9-15)16-13(14-10)8-7-11-5-3-2-4-6-11/h2-6,9H,1H3. The first-order valence-electron chi connectivity index (χ1n) is 4.79. The summed E-state index contributed by atoms with van der Waals surface area (Å²) in [5.41, 5.74) is 1.69. The van der Waals surface area contributed by atoms with Gasteiger partial charge in [-0.1, -0.05) is 24.1 Å². The molecule has 0 aliphatic carbocycles. The van der Waals surface area contributed by atoms with Crippen molar-refractivity contribution < 1.29 is 4.79 Å². The Morgan fingerprint density at radius 3 is 2.62 bits per heavy atom. The van der Waals surface area contributed by atoms with E-state index in [-0.39, 0.29) is 0 Å². The predicted molar refractivity (Wildman–Crippen MR) is 64.7 cm³/mol. The average molecular weight is 227 g/mol. The van der Waals surface area contributed by atoms with Gasteiger partial charge in [-0.2, -0.15) is 0 Å². The third kappa shape index (κ3) is 2.36. The molecular weight excluding hydrogens is 218 g/mol. The van der Waals surface area contributed by atoms with Crippen LogP contribution < -0.4 is 0 Å². The topological polar surface area (TPSA) is 30.0 Å². The first-order valence-corrected chi connectivity index (χ1v) is 5.61. The van der Waals surface area contributed by atoms with Crippen LogP contribution in [-0.4, -0.2) is 11.3 Å². The van der Waals surface area contributed by atoms with Gasteiger partial charge in [-0.15, -0.1) is 11.3 Å². The molecule has 0 radical (unpaired) electrons. The normalized spacial score (nSPS) is 9.31. The number of carbonyl (C=O) groups is 1. The van der Waals surface area contributed by atoms with Gasteiger partial charge in [0.05, 0.1) is 10.6 Å². The minimum atomic E-state index is 0.650. The van der Waals surface area contributed by atoms with Crippen molar-refractivity contribution >= 4 is 17.6 Å². The van der Waals surface area contributed by atoms with Crippen LogP contribution in [0.3, 0.4) is 0 Å². The Kier molecular flexibility index (Phi) is 3.13. The molecule has 0 spiro atoms. The largest absolute Gasteiger partial charge is 0.297 e. The molecule has 0 bridgehead atoms. The molecule has 0 N–H and O–H groups in total. The lowest BCUT2D eigenvalue weighted by molar-refractivity contribution is 0.112. The van der Waals surface area contributed by atoms with Crippen LogP contribution in [-0.2, 0) is 0 Å². The molecule has 0 saturated heterocycles. The average Bonchev–Trinajstić information content (AvgIpc) is 2.69. The summed E-state index contributed by atoms with van der Waals surface area (Å²) in [6.45, 7) is 1.81. The van der Waals surface area contributed by atoms with Crippen molar-refractivity contribution in [3.8, 4) is 11.8 Å². The van der Waals surface area contributed by atoms with E-state index in [1.54, 1.807) is 0 Å².